The number of anilines is 1. The van der Waals surface area contributed by atoms with Gasteiger partial charge in [0.1, 0.15) is 0 Å². The van der Waals surface area contributed by atoms with Gasteiger partial charge in [-0.1, -0.05) is 0 Å². The molecule has 3 aliphatic rings. The molecule has 0 aromatic heterocycles. The molecule has 5 heteroatoms. The smallest absolute Gasteiger partial charge is 0.258 e. The van der Waals surface area contributed by atoms with Crippen LogP contribution in [0.3, 0.4) is 0 Å². The Kier molecular flexibility index (Phi) is 2.70. The maximum absolute atomic E-state index is 12.1. The van der Waals surface area contributed by atoms with E-state index in [0.29, 0.717) is 11.1 Å². The van der Waals surface area contributed by atoms with Crippen LogP contribution in [0.15, 0.2) is 18.2 Å². The van der Waals surface area contributed by atoms with Crippen LogP contribution in [0.2, 0.25) is 0 Å². The Balaban J connectivity index is 1.73. The lowest BCUT2D eigenvalue weighted by molar-refractivity contribution is -0.125. The highest BCUT2D eigenvalue weighted by molar-refractivity contribution is 6.13. The highest BCUT2D eigenvalue weighted by atomic mass is 16.2. The van der Waals surface area contributed by atoms with Gasteiger partial charge in [0, 0.05) is 36.4 Å². The van der Waals surface area contributed by atoms with Crippen LogP contribution in [0.25, 0.3) is 0 Å². The van der Waals surface area contributed by atoms with Gasteiger partial charge in [-0.25, -0.2) is 0 Å². The summed E-state index contributed by atoms with van der Waals surface area (Å²) in [5.74, 6) is -0.508. The number of imide groups is 1. The van der Waals surface area contributed by atoms with Gasteiger partial charge in [0.2, 0.25) is 5.91 Å². The predicted molar refractivity (Wildman–Crippen MR) is 84.1 cm³/mol. The molecule has 116 valence electrons. The second kappa shape index (κ2) is 4.32. The average molecular weight is 299 g/mol. The lowest BCUT2D eigenvalue weighted by atomic mass is 9.78. The van der Waals surface area contributed by atoms with E-state index in [2.05, 4.69) is 15.5 Å². The number of carbonyl (C=O) groups is 2. The summed E-state index contributed by atoms with van der Waals surface area (Å²) in [6, 6.07) is 5.90. The second-order valence-electron chi connectivity index (χ2n) is 7.27. The molecule has 1 aliphatic carbocycles. The summed E-state index contributed by atoms with van der Waals surface area (Å²) < 4.78 is 0. The van der Waals surface area contributed by atoms with Gasteiger partial charge in [-0.3, -0.25) is 14.9 Å². The Morgan fingerprint density at radius 2 is 1.95 bits per heavy atom. The summed E-state index contributed by atoms with van der Waals surface area (Å²) >= 11 is 0. The van der Waals surface area contributed by atoms with E-state index in [1.807, 2.05) is 32.0 Å². The molecule has 2 N–H and O–H groups in total. The van der Waals surface area contributed by atoms with Gasteiger partial charge in [-0.2, -0.15) is 0 Å². The minimum atomic E-state index is -0.676. The number of amides is 2. The number of nitrogens with zero attached hydrogens (tertiary/aromatic N) is 1. The number of nitrogens with one attached hydrogen (secondary N) is 2. The first-order chi connectivity index (χ1) is 10.4. The molecule has 0 atom stereocenters. The van der Waals surface area contributed by atoms with E-state index in [1.165, 1.54) is 12.8 Å². The molecular weight excluding hydrogens is 278 g/mol. The van der Waals surface area contributed by atoms with Gasteiger partial charge in [-0.15, -0.1) is 0 Å². The molecule has 1 saturated heterocycles. The van der Waals surface area contributed by atoms with Gasteiger partial charge < -0.3 is 10.2 Å². The van der Waals surface area contributed by atoms with E-state index in [0.717, 1.165) is 30.9 Å². The maximum Gasteiger partial charge on any atom is 0.258 e. The first kappa shape index (κ1) is 13.8. The SMILES string of the molecule is CC1(C)C(=O)NC(=O)c2ccc(N3CCNC4(CC4)C3)cc21. The summed E-state index contributed by atoms with van der Waals surface area (Å²) in [4.78, 5) is 26.5. The molecular formula is C17H21N3O2. The zero-order valence-corrected chi connectivity index (χ0v) is 13.0. The van der Waals surface area contributed by atoms with Crippen molar-refractivity contribution in [3.63, 3.8) is 0 Å². The van der Waals surface area contributed by atoms with Gasteiger partial charge in [0.15, 0.2) is 0 Å². The van der Waals surface area contributed by atoms with Crippen LogP contribution in [-0.2, 0) is 10.2 Å². The van der Waals surface area contributed by atoms with E-state index < -0.39 is 5.41 Å². The quantitative estimate of drug-likeness (QED) is 0.764. The number of piperazine rings is 1. The second-order valence-corrected chi connectivity index (χ2v) is 7.27. The molecule has 2 amide bonds. The first-order valence-corrected chi connectivity index (χ1v) is 7.92. The van der Waals surface area contributed by atoms with Gasteiger partial charge in [0.25, 0.3) is 5.91 Å². The van der Waals surface area contributed by atoms with Crippen LogP contribution in [0, 0.1) is 0 Å². The minimum absolute atomic E-state index is 0.221. The van der Waals surface area contributed by atoms with Crippen molar-refractivity contribution in [1.82, 2.24) is 10.6 Å². The largest absolute Gasteiger partial charge is 0.368 e. The molecule has 4 rings (SSSR count). The van der Waals surface area contributed by atoms with Crippen molar-refractivity contribution in [3.05, 3.63) is 29.3 Å². The Hall–Kier alpha value is -1.88. The molecule has 5 nitrogen and oxygen atoms in total. The number of carbonyl (C=O) groups excluding carboxylic acids is 2. The monoisotopic (exact) mass is 299 g/mol. The lowest BCUT2D eigenvalue weighted by Gasteiger charge is -2.37. The number of hydrogen-bond donors (Lipinski definition) is 2. The summed E-state index contributed by atoms with van der Waals surface area (Å²) in [6.45, 7) is 6.70. The summed E-state index contributed by atoms with van der Waals surface area (Å²) in [6.07, 6.45) is 2.47. The molecule has 1 aromatic rings. The zero-order chi connectivity index (χ0) is 15.5. The Morgan fingerprint density at radius 3 is 2.68 bits per heavy atom. The Morgan fingerprint density at radius 1 is 1.18 bits per heavy atom. The highest BCUT2D eigenvalue weighted by Crippen LogP contribution is 2.40. The van der Waals surface area contributed by atoms with Crippen molar-refractivity contribution in [2.45, 2.75) is 37.6 Å². The molecule has 2 fully saturated rings. The van der Waals surface area contributed by atoms with Gasteiger partial charge in [0.05, 0.1) is 5.41 Å². The van der Waals surface area contributed by atoms with Gasteiger partial charge in [-0.05, 0) is 50.5 Å². The fourth-order valence-corrected chi connectivity index (χ4v) is 3.56. The van der Waals surface area contributed by atoms with Crippen LogP contribution in [0.1, 0.15) is 42.6 Å². The molecule has 2 aliphatic heterocycles. The maximum atomic E-state index is 12.1. The van der Waals surface area contributed by atoms with Crippen molar-refractivity contribution >= 4 is 17.5 Å². The van der Waals surface area contributed by atoms with E-state index in [4.69, 9.17) is 0 Å². The van der Waals surface area contributed by atoms with Crippen LogP contribution in [0.4, 0.5) is 5.69 Å². The van der Waals surface area contributed by atoms with E-state index in [1.54, 1.807) is 0 Å². The predicted octanol–water partition coefficient (Wildman–Crippen LogP) is 1.18. The number of benzene rings is 1. The Labute approximate surface area is 130 Å². The van der Waals surface area contributed by atoms with Crippen molar-refractivity contribution < 1.29 is 9.59 Å². The number of rotatable bonds is 1. The first-order valence-electron chi connectivity index (χ1n) is 7.92. The van der Waals surface area contributed by atoms with E-state index >= 15 is 0 Å². The van der Waals surface area contributed by atoms with E-state index in [-0.39, 0.29) is 11.8 Å². The average Bonchev–Trinajstić information content (AvgIpc) is 3.24. The van der Waals surface area contributed by atoms with E-state index in [9.17, 15) is 9.59 Å². The van der Waals surface area contributed by atoms with Crippen LogP contribution in [-0.4, -0.2) is 37.0 Å². The lowest BCUT2D eigenvalue weighted by Crippen LogP contribution is -2.53. The molecule has 0 radical (unpaired) electrons. The Bertz CT molecular complexity index is 676. The standard InChI is InChI=1S/C17H21N3O2/c1-16(2)13-9-11(3-4-12(13)14(21)19-15(16)22)20-8-7-18-17(10-20)5-6-17/h3-4,9,18H,5-8,10H2,1-2H3,(H,19,21,22). The minimum Gasteiger partial charge on any atom is -0.368 e. The molecule has 1 saturated carbocycles. The van der Waals surface area contributed by atoms with Gasteiger partial charge >= 0.3 is 0 Å². The molecule has 0 unspecified atom stereocenters. The fourth-order valence-electron chi connectivity index (χ4n) is 3.56. The summed E-state index contributed by atoms with van der Waals surface area (Å²) in [5, 5.41) is 6.05. The normalized spacial score (nSPS) is 24.9. The summed E-state index contributed by atoms with van der Waals surface area (Å²) in [7, 11) is 0. The molecule has 0 bridgehead atoms. The van der Waals surface area contributed by atoms with Crippen LogP contribution >= 0.6 is 0 Å². The number of hydrogen-bond acceptors (Lipinski definition) is 4. The van der Waals surface area contributed by atoms with Crippen molar-refractivity contribution in [2.24, 2.45) is 0 Å². The summed E-state index contributed by atoms with van der Waals surface area (Å²) in [5.41, 5.74) is 2.19. The highest BCUT2D eigenvalue weighted by Gasteiger charge is 2.46. The molecule has 22 heavy (non-hydrogen) atoms. The van der Waals surface area contributed by atoms with Crippen molar-refractivity contribution in [2.75, 3.05) is 24.5 Å². The molecule has 2 heterocycles. The van der Waals surface area contributed by atoms with Crippen LogP contribution in [0.5, 0.6) is 0 Å². The third-order valence-corrected chi connectivity index (χ3v) is 5.31. The topological polar surface area (TPSA) is 61.4 Å². The van der Waals surface area contributed by atoms with Crippen LogP contribution < -0.4 is 15.5 Å². The molecule has 1 spiro atoms. The van der Waals surface area contributed by atoms with Crippen molar-refractivity contribution in [1.29, 1.82) is 0 Å². The fraction of sp³-hybridized carbons (Fsp3) is 0.529. The number of fused-ring (bicyclic) bond motifs is 1. The zero-order valence-electron chi connectivity index (χ0n) is 13.0. The third kappa shape index (κ3) is 1.96. The van der Waals surface area contributed by atoms with Crippen molar-refractivity contribution in [3.8, 4) is 0 Å². The molecule has 1 aromatic carbocycles. The third-order valence-electron chi connectivity index (χ3n) is 5.31.